The van der Waals surface area contributed by atoms with Crippen LogP contribution < -0.4 is 0 Å². The molecule has 2 fully saturated rings. The number of hydrogen-bond donors (Lipinski definition) is 7. The molecule has 74 heavy (non-hydrogen) atoms. The predicted molar refractivity (Wildman–Crippen MR) is 294 cm³/mol. The van der Waals surface area contributed by atoms with Gasteiger partial charge in [-0.1, -0.05) is 258 Å². The van der Waals surface area contributed by atoms with Crippen molar-refractivity contribution in [2.24, 2.45) is 0 Å². The van der Waals surface area contributed by atoms with Gasteiger partial charge in [-0.15, -0.1) is 0 Å². The molecule has 2 aliphatic heterocycles. The fourth-order valence-electron chi connectivity index (χ4n) is 10.3. The molecule has 0 saturated carbocycles. The van der Waals surface area contributed by atoms with Gasteiger partial charge in [-0.2, -0.15) is 0 Å². The van der Waals surface area contributed by atoms with E-state index >= 15 is 0 Å². The van der Waals surface area contributed by atoms with Crippen molar-refractivity contribution < 1.29 is 69.0 Å². The monoisotopic (exact) mass is 1060 g/mol. The van der Waals surface area contributed by atoms with Crippen molar-refractivity contribution in [1.29, 1.82) is 0 Å². The minimum atomic E-state index is -1.70. The number of carbonyl (C=O) groups excluding carboxylic acids is 1. The van der Waals surface area contributed by atoms with Crippen molar-refractivity contribution >= 4 is 5.97 Å². The van der Waals surface area contributed by atoms with Gasteiger partial charge in [0.15, 0.2) is 12.6 Å². The Hall–Kier alpha value is -1.01. The quantitative estimate of drug-likeness (QED) is 0.0223. The smallest absolute Gasteiger partial charge is 0.306 e. The van der Waals surface area contributed by atoms with E-state index in [-0.39, 0.29) is 25.6 Å². The molecule has 7 N–H and O–H groups in total. The summed E-state index contributed by atoms with van der Waals surface area (Å²) < 4.78 is 34.4. The molecule has 2 aliphatic rings. The standard InChI is InChI=1S/C60H116O14/c1-3-5-7-9-11-13-15-17-19-20-21-22-23-24-25-26-27-28-29-31-33-35-37-39-41-43-52(62)72-49(46-69-44-42-40-38-36-34-32-30-18-16-14-12-10-8-6-4-2)47-70-59-58(68)56(66)54(64)51(74-59)48-71-60-57(67)55(65)53(63)50(45-61)73-60/h49-51,53-61,63-68H,3-48H2,1-2H3. The van der Waals surface area contributed by atoms with E-state index < -0.39 is 80.7 Å². The van der Waals surface area contributed by atoms with Gasteiger partial charge in [0, 0.05) is 13.0 Å². The summed E-state index contributed by atoms with van der Waals surface area (Å²) in [7, 11) is 0. The van der Waals surface area contributed by atoms with Gasteiger partial charge in [-0.3, -0.25) is 4.79 Å². The number of hydrogen-bond acceptors (Lipinski definition) is 14. The van der Waals surface area contributed by atoms with Crippen molar-refractivity contribution in [3.63, 3.8) is 0 Å². The van der Waals surface area contributed by atoms with Crippen LogP contribution in [-0.2, 0) is 33.2 Å². The molecule has 11 unspecified atom stereocenters. The van der Waals surface area contributed by atoms with Gasteiger partial charge in [0.25, 0.3) is 0 Å². The zero-order valence-electron chi connectivity index (χ0n) is 47.4. The Morgan fingerprint density at radius 3 is 1.09 bits per heavy atom. The molecule has 0 aliphatic carbocycles. The summed E-state index contributed by atoms with van der Waals surface area (Å²) in [5, 5.41) is 72.4. The molecule has 14 nitrogen and oxygen atoms in total. The summed E-state index contributed by atoms with van der Waals surface area (Å²) in [6.07, 6.45) is 36.0. The molecule has 0 aromatic heterocycles. The second kappa shape index (κ2) is 47.9. The van der Waals surface area contributed by atoms with Crippen molar-refractivity contribution in [3.05, 3.63) is 0 Å². The lowest BCUT2D eigenvalue weighted by Gasteiger charge is -2.42. The van der Waals surface area contributed by atoms with Crippen molar-refractivity contribution in [2.45, 2.75) is 345 Å². The maximum absolute atomic E-state index is 13.1. The topological polar surface area (TPSA) is 214 Å². The fraction of sp³-hybridized carbons (Fsp3) is 0.983. The number of aliphatic hydroxyl groups excluding tert-OH is 7. The van der Waals surface area contributed by atoms with Crippen LogP contribution in [0, 0.1) is 0 Å². The van der Waals surface area contributed by atoms with Crippen LogP contribution in [0.1, 0.15) is 277 Å². The highest BCUT2D eigenvalue weighted by molar-refractivity contribution is 5.69. The molecule has 0 bridgehead atoms. The minimum Gasteiger partial charge on any atom is -0.457 e. The minimum absolute atomic E-state index is 0.0709. The lowest BCUT2D eigenvalue weighted by atomic mass is 9.98. The van der Waals surface area contributed by atoms with E-state index in [1.165, 1.54) is 212 Å². The van der Waals surface area contributed by atoms with E-state index in [4.69, 9.17) is 28.4 Å². The van der Waals surface area contributed by atoms with Gasteiger partial charge in [-0.05, 0) is 12.8 Å². The van der Waals surface area contributed by atoms with Crippen molar-refractivity contribution in [1.82, 2.24) is 0 Å². The Labute approximate surface area is 451 Å². The third kappa shape index (κ3) is 34.1. The lowest BCUT2D eigenvalue weighted by molar-refractivity contribution is -0.332. The van der Waals surface area contributed by atoms with Crippen molar-refractivity contribution in [2.75, 3.05) is 33.0 Å². The summed E-state index contributed by atoms with van der Waals surface area (Å²) >= 11 is 0. The first kappa shape index (κ1) is 69.1. The Bertz CT molecular complexity index is 1230. The molecule has 0 aromatic carbocycles. The van der Waals surface area contributed by atoms with Crippen LogP contribution in [0.25, 0.3) is 0 Å². The molecule has 2 rings (SSSR count). The number of ether oxygens (including phenoxy) is 6. The van der Waals surface area contributed by atoms with E-state index in [0.717, 1.165) is 44.9 Å². The normalized spacial score (nSPS) is 24.7. The highest BCUT2D eigenvalue weighted by atomic mass is 16.7. The van der Waals surface area contributed by atoms with Crippen LogP contribution in [0.3, 0.4) is 0 Å². The largest absolute Gasteiger partial charge is 0.457 e. The average Bonchev–Trinajstić information content (AvgIpc) is 3.40. The highest BCUT2D eigenvalue weighted by Gasteiger charge is 2.47. The number of esters is 1. The molecular weight excluding hydrogens is 945 g/mol. The third-order valence-corrected chi connectivity index (χ3v) is 15.4. The Kier molecular flexibility index (Phi) is 44.8. The number of aliphatic hydroxyl groups is 7. The van der Waals surface area contributed by atoms with Crippen LogP contribution in [0.5, 0.6) is 0 Å². The Morgan fingerprint density at radius 2 is 0.716 bits per heavy atom. The number of rotatable bonds is 52. The maximum atomic E-state index is 13.1. The van der Waals surface area contributed by atoms with Gasteiger partial charge in [0.1, 0.15) is 54.9 Å². The summed E-state index contributed by atoms with van der Waals surface area (Å²) in [4.78, 5) is 13.1. The van der Waals surface area contributed by atoms with Gasteiger partial charge in [0.2, 0.25) is 0 Å². The summed E-state index contributed by atoms with van der Waals surface area (Å²) in [5.41, 5.74) is 0. The van der Waals surface area contributed by atoms with Crippen molar-refractivity contribution in [3.8, 4) is 0 Å². The first-order valence-corrected chi connectivity index (χ1v) is 31.1. The Morgan fingerprint density at radius 1 is 0.392 bits per heavy atom. The maximum Gasteiger partial charge on any atom is 0.306 e. The zero-order chi connectivity index (χ0) is 53.7. The summed E-state index contributed by atoms with van der Waals surface area (Å²) in [5.74, 6) is -0.366. The fourth-order valence-corrected chi connectivity index (χ4v) is 10.3. The van der Waals surface area contributed by atoms with E-state index in [0.29, 0.717) is 6.61 Å². The molecule has 0 amide bonds. The summed E-state index contributed by atoms with van der Waals surface area (Å²) in [6, 6.07) is 0. The Balaban J connectivity index is 1.65. The van der Waals surface area contributed by atoms with E-state index in [2.05, 4.69) is 13.8 Å². The van der Waals surface area contributed by atoms with Gasteiger partial charge < -0.3 is 64.2 Å². The molecule has 2 saturated heterocycles. The third-order valence-electron chi connectivity index (χ3n) is 15.4. The van der Waals surface area contributed by atoms with Gasteiger partial charge >= 0.3 is 5.97 Å². The molecule has 0 spiro atoms. The predicted octanol–water partition coefficient (Wildman–Crippen LogP) is 11.6. The number of carbonyl (C=O) groups is 1. The molecule has 0 radical (unpaired) electrons. The second-order valence-corrected chi connectivity index (χ2v) is 22.3. The molecule has 440 valence electrons. The van der Waals surface area contributed by atoms with Gasteiger partial charge in [0.05, 0.1) is 26.4 Å². The first-order chi connectivity index (χ1) is 36.1. The van der Waals surface area contributed by atoms with Gasteiger partial charge in [-0.25, -0.2) is 0 Å². The van der Waals surface area contributed by atoms with Crippen LogP contribution in [0.2, 0.25) is 0 Å². The van der Waals surface area contributed by atoms with E-state index in [1.807, 2.05) is 0 Å². The molecular formula is C60H116O14. The molecule has 2 heterocycles. The van der Waals surface area contributed by atoms with Crippen LogP contribution in [-0.4, -0.2) is 142 Å². The lowest BCUT2D eigenvalue weighted by Crippen LogP contribution is -2.61. The SMILES string of the molecule is CCCCCCCCCCCCCCCCCCCCCCCCCCCC(=O)OC(COCCCCCCCCCCCCCCCCC)COC1OC(COC2OC(CO)C(O)C(O)C2O)C(O)C(O)C1O. The first-order valence-electron chi connectivity index (χ1n) is 31.1. The van der Waals surface area contributed by atoms with Crippen LogP contribution in [0.4, 0.5) is 0 Å². The second-order valence-electron chi connectivity index (χ2n) is 22.3. The zero-order valence-corrected chi connectivity index (χ0v) is 47.4. The molecule has 11 atom stereocenters. The van der Waals surface area contributed by atoms with Crippen LogP contribution in [0.15, 0.2) is 0 Å². The molecule has 0 aromatic rings. The number of unbranched alkanes of at least 4 members (excludes halogenated alkanes) is 38. The van der Waals surface area contributed by atoms with Crippen LogP contribution >= 0.6 is 0 Å². The summed E-state index contributed by atoms with van der Waals surface area (Å²) in [6.45, 7) is 3.77. The highest BCUT2D eigenvalue weighted by Crippen LogP contribution is 2.27. The average molecular weight is 1060 g/mol. The van der Waals surface area contributed by atoms with E-state index in [1.54, 1.807) is 0 Å². The van der Waals surface area contributed by atoms with E-state index in [9.17, 15) is 40.5 Å². The molecule has 14 heteroatoms.